The Kier molecular flexibility index (Phi) is 6.83. The van der Waals surface area contributed by atoms with Gasteiger partial charge in [-0.25, -0.2) is 0 Å². The first-order chi connectivity index (χ1) is 10.3. The van der Waals surface area contributed by atoms with Crippen molar-refractivity contribution < 1.29 is 14.2 Å². The molecule has 118 valence electrons. The van der Waals surface area contributed by atoms with Crippen LogP contribution in [0.15, 0.2) is 18.2 Å². The van der Waals surface area contributed by atoms with Gasteiger partial charge in [0.2, 0.25) is 0 Å². The van der Waals surface area contributed by atoms with E-state index in [0.29, 0.717) is 25.9 Å². The molecule has 0 bridgehead atoms. The van der Waals surface area contributed by atoms with Gasteiger partial charge in [0.15, 0.2) is 11.5 Å². The second-order valence-corrected chi connectivity index (χ2v) is 5.38. The predicted octanol–water partition coefficient (Wildman–Crippen LogP) is 2.92. The highest BCUT2D eigenvalue weighted by molar-refractivity contribution is 5.43. The fourth-order valence-corrected chi connectivity index (χ4v) is 2.63. The topological polar surface area (TPSA) is 53.7 Å². The molecule has 1 fully saturated rings. The molecule has 2 N–H and O–H groups in total. The van der Waals surface area contributed by atoms with Crippen LogP contribution in [0.5, 0.6) is 11.5 Å². The third-order valence-corrected chi connectivity index (χ3v) is 3.69. The van der Waals surface area contributed by atoms with Gasteiger partial charge in [0.1, 0.15) is 0 Å². The Morgan fingerprint density at radius 1 is 1.29 bits per heavy atom. The van der Waals surface area contributed by atoms with Crippen LogP contribution in [0.3, 0.4) is 0 Å². The summed E-state index contributed by atoms with van der Waals surface area (Å²) in [7, 11) is 0. The Labute approximate surface area is 127 Å². The SMILES string of the molecule is CCOc1cc(CCN)ccc1OCCCC1CCCO1. The van der Waals surface area contributed by atoms with Crippen LogP contribution in [-0.4, -0.2) is 32.5 Å². The second-order valence-electron chi connectivity index (χ2n) is 5.38. The van der Waals surface area contributed by atoms with Gasteiger partial charge < -0.3 is 19.9 Å². The van der Waals surface area contributed by atoms with Gasteiger partial charge in [-0.1, -0.05) is 6.07 Å². The van der Waals surface area contributed by atoms with Gasteiger partial charge in [-0.15, -0.1) is 0 Å². The van der Waals surface area contributed by atoms with Gasteiger partial charge in [-0.2, -0.15) is 0 Å². The predicted molar refractivity (Wildman–Crippen MR) is 84.1 cm³/mol. The van der Waals surface area contributed by atoms with E-state index in [-0.39, 0.29) is 0 Å². The van der Waals surface area contributed by atoms with Gasteiger partial charge in [0.25, 0.3) is 0 Å². The second kappa shape index (κ2) is 8.90. The quantitative estimate of drug-likeness (QED) is 0.711. The van der Waals surface area contributed by atoms with Crippen molar-refractivity contribution in [3.05, 3.63) is 23.8 Å². The molecule has 1 heterocycles. The lowest BCUT2D eigenvalue weighted by molar-refractivity contribution is 0.0979. The average Bonchev–Trinajstić information content (AvgIpc) is 2.99. The minimum atomic E-state index is 0.437. The van der Waals surface area contributed by atoms with Crippen molar-refractivity contribution in [3.8, 4) is 11.5 Å². The Morgan fingerprint density at radius 2 is 2.19 bits per heavy atom. The highest BCUT2D eigenvalue weighted by atomic mass is 16.5. The Bertz CT molecular complexity index is 416. The summed E-state index contributed by atoms with van der Waals surface area (Å²) in [4.78, 5) is 0. The summed E-state index contributed by atoms with van der Waals surface area (Å²) in [5.74, 6) is 1.64. The van der Waals surface area contributed by atoms with E-state index in [2.05, 4.69) is 6.07 Å². The van der Waals surface area contributed by atoms with Crippen molar-refractivity contribution in [1.82, 2.24) is 0 Å². The fraction of sp³-hybridized carbons (Fsp3) is 0.647. The van der Waals surface area contributed by atoms with Crippen LogP contribution in [0.2, 0.25) is 0 Å². The number of rotatable bonds is 9. The fourth-order valence-electron chi connectivity index (χ4n) is 2.63. The van der Waals surface area contributed by atoms with Crippen LogP contribution in [0.1, 0.15) is 38.2 Å². The highest BCUT2D eigenvalue weighted by Crippen LogP contribution is 2.29. The molecule has 1 aromatic carbocycles. The molecule has 2 rings (SSSR count). The van der Waals surface area contributed by atoms with Crippen LogP contribution in [0, 0.1) is 0 Å². The van der Waals surface area contributed by atoms with Crippen molar-refractivity contribution in [1.29, 1.82) is 0 Å². The normalized spacial score (nSPS) is 17.9. The van der Waals surface area contributed by atoms with Crippen LogP contribution < -0.4 is 15.2 Å². The Morgan fingerprint density at radius 3 is 2.90 bits per heavy atom. The summed E-state index contributed by atoms with van der Waals surface area (Å²) < 4.78 is 17.2. The van der Waals surface area contributed by atoms with Crippen molar-refractivity contribution in [2.45, 2.75) is 45.1 Å². The molecule has 4 nitrogen and oxygen atoms in total. The molecule has 4 heteroatoms. The van der Waals surface area contributed by atoms with E-state index >= 15 is 0 Å². The smallest absolute Gasteiger partial charge is 0.161 e. The maximum absolute atomic E-state index is 5.87. The van der Waals surface area contributed by atoms with Gasteiger partial charge in [-0.05, 0) is 63.3 Å². The first kappa shape index (κ1) is 16.1. The molecule has 21 heavy (non-hydrogen) atoms. The van der Waals surface area contributed by atoms with Gasteiger partial charge in [0, 0.05) is 6.61 Å². The van der Waals surface area contributed by atoms with Crippen LogP contribution in [0.4, 0.5) is 0 Å². The number of ether oxygens (including phenoxy) is 3. The van der Waals surface area contributed by atoms with Crippen LogP contribution >= 0.6 is 0 Å². The largest absolute Gasteiger partial charge is 0.490 e. The van der Waals surface area contributed by atoms with E-state index in [9.17, 15) is 0 Å². The van der Waals surface area contributed by atoms with Crippen LogP contribution in [0.25, 0.3) is 0 Å². The maximum Gasteiger partial charge on any atom is 0.161 e. The molecule has 0 saturated carbocycles. The van der Waals surface area contributed by atoms with E-state index < -0.39 is 0 Å². The van der Waals surface area contributed by atoms with Gasteiger partial charge >= 0.3 is 0 Å². The summed E-state index contributed by atoms with van der Waals surface area (Å²) in [6.45, 7) is 4.89. The van der Waals surface area contributed by atoms with Crippen molar-refractivity contribution in [2.75, 3.05) is 26.4 Å². The number of nitrogens with two attached hydrogens (primary N) is 1. The standard InChI is InChI=1S/C17H27NO3/c1-2-19-17-13-14(9-10-18)7-8-16(17)21-12-4-6-15-5-3-11-20-15/h7-8,13,15H,2-6,9-12,18H2,1H3. The van der Waals surface area contributed by atoms with Crippen molar-refractivity contribution in [2.24, 2.45) is 5.73 Å². The lowest BCUT2D eigenvalue weighted by Crippen LogP contribution is -2.08. The molecule has 0 amide bonds. The van der Waals surface area contributed by atoms with Crippen LogP contribution in [-0.2, 0) is 11.2 Å². The summed E-state index contributed by atoms with van der Waals surface area (Å²) in [6, 6.07) is 6.08. The molecule has 1 saturated heterocycles. The monoisotopic (exact) mass is 293 g/mol. The lowest BCUT2D eigenvalue weighted by Gasteiger charge is -2.14. The zero-order valence-corrected chi connectivity index (χ0v) is 13.0. The third kappa shape index (κ3) is 5.21. The summed E-state index contributed by atoms with van der Waals surface area (Å²) in [5.41, 5.74) is 6.78. The minimum absolute atomic E-state index is 0.437. The van der Waals surface area contributed by atoms with E-state index in [0.717, 1.165) is 37.4 Å². The van der Waals surface area contributed by atoms with Gasteiger partial charge in [0.05, 0.1) is 19.3 Å². The average molecular weight is 293 g/mol. The number of hydrogen-bond donors (Lipinski definition) is 1. The summed E-state index contributed by atoms with van der Waals surface area (Å²) in [5, 5.41) is 0. The highest BCUT2D eigenvalue weighted by Gasteiger charge is 2.15. The number of benzene rings is 1. The first-order valence-electron chi connectivity index (χ1n) is 8.03. The molecular weight excluding hydrogens is 266 g/mol. The molecular formula is C17H27NO3. The van der Waals surface area contributed by atoms with E-state index in [1.165, 1.54) is 18.4 Å². The number of hydrogen-bond acceptors (Lipinski definition) is 4. The molecule has 1 atom stereocenters. The van der Waals surface area contributed by atoms with Crippen molar-refractivity contribution in [3.63, 3.8) is 0 Å². The molecule has 0 spiro atoms. The van der Waals surface area contributed by atoms with Gasteiger partial charge in [-0.3, -0.25) is 0 Å². The molecule has 0 aliphatic carbocycles. The zero-order valence-electron chi connectivity index (χ0n) is 13.0. The van der Waals surface area contributed by atoms with Crippen molar-refractivity contribution >= 4 is 0 Å². The third-order valence-electron chi connectivity index (χ3n) is 3.69. The van der Waals surface area contributed by atoms with E-state index in [4.69, 9.17) is 19.9 Å². The summed E-state index contributed by atoms with van der Waals surface area (Å²) in [6.07, 6.45) is 5.78. The molecule has 1 aromatic rings. The van der Waals surface area contributed by atoms with E-state index in [1.807, 2.05) is 19.1 Å². The first-order valence-corrected chi connectivity index (χ1v) is 8.03. The Hall–Kier alpha value is -1.26. The molecule has 1 aliphatic rings. The zero-order chi connectivity index (χ0) is 14.9. The van der Waals surface area contributed by atoms with E-state index in [1.54, 1.807) is 0 Å². The Balaban J connectivity index is 1.82. The maximum atomic E-state index is 5.87. The summed E-state index contributed by atoms with van der Waals surface area (Å²) >= 11 is 0. The molecule has 1 unspecified atom stereocenters. The molecule has 0 aromatic heterocycles. The lowest BCUT2D eigenvalue weighted by atomic mass is 10.1. The minimum Gasteiger partial charge on any atom is -0.490 e. The molecule has 1 aliphatic heterocycles. The molecule has 0 radical (unpaired) electrons.